The minimum absolute atomic E-state index is 0.0585. The Labute approximate surface area is 205 Å². The van der Waals surface area contributed by atoms with Crippen LogP contribution in [0.3, 0.4) is 0 Å². The molecule has 9 heteroatoms. The lowest BCUT2D eigenvalue weighted by Gasteiger charge is -2.50. The van der Waals surface area contributed by atoms with Gasteiger partial charge in [-0.3, -0.25) is 9.59 Å². The van der Waals surface area contributed by atoms with Gasteiger partial charge in [0, 0.05) is 36.5 Å². The van der Waals surface area contributed by atoms with Crippen molar-refractivity contribution in [3.8, 4) is 0 Å². The average molecular weight is 493 g/mol. The molecule has 0 aliphatic heterocycles. The van der Waals surface area contributed by atoms with E-state index >= 15 is 0 Å². The van der Waals surface area contributed by atoms with Gasteiger partial charge >= 0.3 is 11.9 Å². The van der Waals surface area contributed by atoms with E-state index in [9.17, 15) is 24.6 Å². The summed E-state index contributed by atoms with van der Waals surface area (Å²) in [6.07, 6.45) is 4.54. The first-order valence-corrected chi connectivity index (χ1v) is 12.2. The molecule has 3 N–H and O–H groups in total. The summed E-state index contributed by atoms with van der Waals surface area (Å²) in [5, 5.41) is 32.8. The molecule has 0 aromatic carbocycles. The summed E-state index contributed by atoms with van der Waals surface area (Å²) in [5.41, 5.74) is -3.09. The van der Waals surface area contributed by atoms with Crippen LogP contribution in [0.5, 0.6) is 0 Å². The van der Waals surface area contributed by atoms with Gasteiger partial charge in [0.25, 0.3) is 0 Å². The number of carboxylic acids is 1. The third-order valence-corrected chi connectivity index (χ3v) is 8.96. The molecule has 7 atom stereocenters. The minimum Gasteiger partial charge on any atom is -0.480 e. The molecule has 4 aliphatic carbocycles. The number of Topliss-reactive ketones (excluding diaryl/α,β-unsaturated/α-hetero) is 1. The van der Waals surface area contributed by atoms with E-state index < -0.39 is 46.6 Å². The number of carbonyl (C=O) groups excluding carboxylic acids is 2. The molecule has 194 valence electrons. The Bertz CT molecular complexity index is 997. The van der Waals surface area contributed by atoms with Gasteiger partial charge in [-0.25, -0.2) is 4.79 Å². The van der Waals surface area contributed by atoms with Gasteiger partial charge in [-0.15, -0.1) is 0 Å². The Morgan fingerprint density at radius 1 is 1.17 bits per heavy atom. The Morgan fingerprint density at radius 3 is 2.49 bits per heavy atom. The lowest BCUT2D eigenvalue weighted by Crippen LogP contribution is -2.61. The van der Waals surface area contributed by atoms with Crippen LogP contribution >= 0.6 is 0 Å². The van der Waals surface area contributed by atoms with E-state index in [4.69, 9.17) is 19.3 Å². The van der Waals surface area contributed by atoms with Crippen molar-refractivity contribution in [1.82, 2.24) is 0 Å². The number of hydrogen-bond acceptors (Lipinski definition) is 8. The molecule has 0 saturated heterocycles. The third kappa shape index (κ3) is 3.79. The molecule has 4 aliphatic rings. The minimum atomic E-state index is -1.77. The second kappa shape index (κ2) is 8.50. The highest BCUT2D eigenvalue weighted by molar-refractivity contribution is 6.04. The van der Waals surface area contributed by atoms with E-state index in [0.29, 0.717) is 18.4 Å². The molecular formula is C26H36O9. The molecule has 0 unspecified atom stereocenters. The number of esters is 1. The van der Waals surface area contributed by atoms with Crippen LogP contribution in [0.25, 0.3) is 0 Å². The number of carbonyl (C=O) groups is 3. The fourth-order valence-corrected chi connectivity index (χ4v) is 7.37. The van der Waals surface area contributed by atoms with Gasteiger partial charge in [-0.05, 0) is 31.3 Å². The highest BCUT2D eigenvalue weighted by atomic mass is 16.7. The van der Waals surface area contributed by atoms with Crippen molar-refractivity contribution in [2.75, 3.05) is 20.0 Å². The van der Waals surface area contributed by atoms with Crippen LogP contribution in [0.1, 0.15) is 53.9 Å². The van der Waals surface area contributed by atoms with E-state index in [2.05, 4.69) is 0 Å². The lowest BCUT2D eigenvalue weighted by atomic mass is 9.60. The van der Waals surface area contributed by atoms with E-state index in [1.165, 1.54) is 6.92 Å². The molecule has 0 aromatic heterocycles. The summed E-state index contributed by atoms with van der Waals surface area (Å²) in [5.74, 6) is -3.61. The molecule has 0 amide bonds. The van der Waals surface area contributed by atoms with Gasteiger partial charge < -0.3 is 29.5 Å². The fraction of sp³-hybridized carbons (Fsp3) is 0.731. The van der Waals surface area contributed by atoms with E-state index in [1.807, 2.05) is 26.8 Å². The summed E-state index contributed by atoms with van der Waals surface area (Å²) < 4.78 is 16.2. The predicted octanol–water partition coefficient (Wildman–Crippen LogP) is 2.00. The molecule has 2 fully saturated rings. The van der Waals surface area contributed by atoms with Gasteiger partial charge in [0.05, 0.1) is 12.2 Å². The monoisotopic (exact) mass is 492 g/mol. The maximum absolute atomic E-state index is 13.2. The summed E-state index contributed by atoms with van der Waals surface area (Å²) >= 11 is 0. The molecule has 2 saturated carbocycles. The molecule has 0 spiro atoms. The number of ketones is 1. The average Bonchev–Trinajstić information content (AvgIpc) is 3.14. The molecule has 0 aromatic rings. The summed E-state index contributed by atoms with van der Waals surface area (Å²) in [6, 6.07) is 0. The van der Waals surface area contributed by atoms with Crippen molar-refractivity contribution in [1.29, 1.82) is 0 Å². The first kappa shape index (κ1) is 26.0. The number of hydrogen-bond donors (Lipinski definition) is 3. The standard InChI is InChI=1S/C26H36O9/c1-14-8-19-24(31,22(14)30)11-17(6-7-33-13-34-12-20(28)29)9-18-21-23(4,5)25(21,35-16(3)27)10-15(2)26(18,19)32/h8-9,15,18-19,21,31-32H,6-7,10-13H2,1-5H3,(H,28,29)/t15-,18+,19-,21-,24-,25+,26-/m1/s1. The fourth-order valence-electron chi connectivity index (χ4n) is 7.37. The van der Waals surface area contributed by atoms with Crippen molar-refractivity contribution < 1.29 is 43.9 Å². The van der Waals surface area contributed by atoms with Crippen LogP contribution in [-0.2, 0) is 28.6 Å². The number of fused-ring (bicyclic) bond motifs is 5. The van der Waals surface area contributed by atoms with Crippen LogP contribution in [0.4, 0.5) is 0 Å². The Morgan fingerprint density at radius 2 is 1.86 bits per heavy atom. The summed E-state index contributed by atoms with van der Waals surface area (Å²) in [7, 11) is 0. The first-order chi connectivity index (χ1) is 16.2. The SMILES string of the molecule is CC(=O)O[C@@]12C[C@@H](C)[C@@]3(O)[C@@H](C=C(CCOCOCC(=O)O)C[C@]4(O)C(=O)C(C)=C[C@@H]34)[C@@H]1C2(C)C. The molecule has 0 heterocycles. The largest absolute Gasteiger partial charge is 0.480 e. The van der Waals surface area contributed by atoms with Crippen molar-refractivity contribution in [2.45, 2.75) is 70.7 Å². The van der Waals surface area contributed by atoms with Crippen LogP contribution in [0, 0.1) is 29.1 Å². The van der Waals surface area contributed by atoms with Gasteiger partial charge in [-0.2, -0.15) is 0 Å². The topological polar surface area (TPSA) is 140 Å². The quantitative estimate of drug-likeness (QED) is 0.201. The first-order valence-electron chi connectivity index (χ1n) is 12.2. The van der Waals surface area contributed by atoms with Crippen molar-refractivity contribution in [3.63, 3.8) is 0 Å². The summed E-state index contributed by atoms with van der Waals surface area (Å²) in [4.78, 5) is 35.8. The Balaban J connectivity index is 1.68. The van der Waals surface area contributed by atoms with Gasteiger partial charge in [0.2, 0.25) is 0 Å². The van der Waals surface area contributed by atoms with Crippen molar-refractivity contribution >= 4 is 17.7 Å². The number of ether oxygens (including phenoxy) is 3. The Hall–Kier alpha value is -2.07. The zero-order valence-corrected chi connectivity index (χ0v) is 21.0. The number of rotatable bonds is 8. The highest BCUT2D eigenvalue weighted by Crippen LogP contribution is 2.76. The second-order valence-electron chi connectivity index (χ2n) is 11.3. The van der Waals surface area contributed by atoms with E-state index in [0.717, 1.165) is 5.57 Å². The molecule has 9 nitrogen and oxygen atoms in total. The second-order valence-corrected chi connectivity index (χ2v) is 11.3. The molecular weight excluding hydrogens is 456 g/mol. The lowest BCUT2D eigenvalue weighted by molar-refractivity contribution is -0.186. The number of carboxylic acid groups (broad SMARTS) is 1. The number of aliphatic carboxylic acids is 1. The highest BCUT2D eigenvalue weighted by Gasteiger charge is 2.83. The molecule has 0 radical (unpaired) electrons. The Kier molecular flexibility index (Phi) is 6.32. The van der Waals surface area contributed by atoms with Crippen molar-refractivity contribution in [3.05, 3.63) is 23.3 Å². The van der Waals surface area contributed by atoms with Crippen LogP contribution in [0.2, 0.25) is 0 Å². The van der Waals surface area contributed by atoms with Crippen LogP contribution in [0.15, 0.2) is 23.3 Å². The molecule has 35 heavy (non-hydrogen) atoms. The van der Waals surface area contributed by atoms with Crippen LogP contribution in [-0.4, -0.2) is 69.9 Å². The van der Waals surface area contributed by atoms with Gasteiger partial charge in [0.1, 0.15) is 24.6 Å². The van der Waals surface area contributed by atoms with E-state index in [1.54, 1.807) is 13.0 Å². The van der Waals surface area contributed by atoms with Gasteiger partial charge in [-0.1, -0.05) is 38.5 Å². The molecule has 4 rings (SSSR count). The smallest absolute Gasteiger partial charge is 0.329 e. The van der Waals surface area contributed by atoms with Crippen molar-refractivity contribution in [2.24, 2.45) is 29.1 Å². The van der Waals surface area contributed by atoms with E-state index in [-0.39, 0.29) is 43.4 Å². The summed E-state index contributed by atoms with van der Waals surface area (Å²) in [6.45, 7) is 8.56. The zero-order chi connectivity index (χ0) is 26.0. The third-order valence-electron chi connectivity index (χ3n) is 8.96. The van der Waals surface area contributed by atoms with Crippen LogP contribution < -0.4 is 0 Å². The maximum atomic E-state index is 13.2. The number of aliphatic hydroxyl groups is 2. The zero-order valence-electron chi connectivity index (χ0n) is 21.0. The normalized spacial score (nSPS) is 41.1. The molecule has 0 bridgehead atoms. The maximum Gasteiger partial charge on any atom is 0.329 e. The predicted molar refractivity (Wildman–Crippen MR) is 123 cm³/mol. The van der Waals surface area contributed by atoms with Gasteiger partial charge in [0.15, 0.2) is 5.78 Å².